The van der Waals surface area contributed by atoms with Crippen LogP contribution in [0.3, 0.4) is 0 Å². The SMILES string of the molecule is [2H]c1ccc(OC(=O)NC2CCNC2)nc1-c1cccnc1. The van der Waals surface area contributed by atoms with Crippen LogP contribution in [0.25, 0.3) is 11.3 Å². The normalized spacial score (nSPS) is 18.1. The second-order valence-electron chi connectivity index (χ2n) is 4.74. The Labute approximate surface area is 124 Å². The average Bonchev–Trinajstić information content (AvgIpc) is 3.03. The van der Waals surface area contributed by atoms with Crippen LogP contribution in [0, 0.1) is 0 Å². The van der Waals surface area contributed by atoms with Gasteiger partial charge in [-0.3, -0.25) is 4.98 Å². The van der Waals surface area contributed by atoms with Crippen molar-refractivity contribution >= 4 is 6.09 Å². The van der Waals surface area contributed by atoms with E-state index in [0.717, 1.165) is 19.5 Å². The maximum atomic E-state index is 11.8. The van der Waals surface area contributed by atoms with Gasteiger partial charge >= 0.3 is 6.09 Å². The first kappa shape index (κ1) is 12.3. The number of amides is 1. The summed E-state index contributed by atoms with van der Waals surface area (Å²) in [5.74, 6) is 0.165. The summed E-state index contributed by atoms with van der Waals surface area (Å²) in [5, 5.41) is 5.94. The summed E-state index contributed by atoms with van der Waals surface area (Å²) in [6.07, 6.45) is 3.62. The maximum Gasteiger partial charge on any atom is 0.414 e. The lowest BCUT2D eigenvalue weighted by Crippen LogP contribution is -2.38. The van der Waals surface area contributed by atoms with Gasteiger partial charge in [-0.05, 0) is 31.1 Å². The highest BCUT2D eigenvalue weighted by Crippen LogP contribution is 2.18. The molecule has 3 rings (SSSR count). The van der Waals surface area contributed by atoms with Crippen LogP contribution in [0.1, 0.15) is 7.79 Å². The van der Waals surface area contributed by atoms with E-state index in [4.69, 9.17) is 6.11 Å². The zero-order valence-electron chi connectivity index (χ0n) is 12.4. The zero-order chi connectivity index (χ0) is 15.4. The lowest BCUT2D eigenvalue weighted by molar-refractivity contribution is 0.195. The third kappa shape index (κ3) is 3.55. The lowest BCUT2D eigenvalue weighted by atomic mass is 10.2. The Hall–Kier alpha value is -2.47. The Bertz CT molecular complexity index is 660. The number of carbonyl (C=O) groups excluding carboxylic acids is 1. The van der Waals surface area contributed by atoms with Gasteiger partial charge in [-0.1, -0.05) is 6.07 Å². The highest BCUT2D eigenvalue weighted by atomic mass is 16.6. The van der Waals surface area contributed by atoms with Gasteiger partial charge in [-0.15, -0.1) is 0 Å². The van der Waals surface area contributed by atoms with Crippen LogP contribution in [0.15, 0.2) is 42.7 Å². The van der Waals surface area contributed by atoms with Crippen LogP contribution in [-0.2, 0) is 0 Å². The number of carbonyl (C=O) groups is 1. The van der Waals surface area contributed by atoms with E-state index in [2.05, 4.69) is 20.6 Å². The molecule has 1 unspecified atom stereocenters. The van der Waals surface area contributed by atoms with Crippen LogP contribution in [0.4, 0.5) is 4.79 Å². The van der Waals surface area contributed by atoms with Gasteiger partial charge in [0.25, 0.3) is 0 Å². The van der Waals surface area contributed by atoms with Gasteiger partial charge in [0.05, 0.1) is 7.06 Å². The van der Waals surface area contributed by atoms with Crippen molar-refractivity contribution in [2.75, 3.05) is 13.1 Å². The lowest BCUT2D eigenvalue weighted by Gasteiger charge is -2.11. The van der Waals surface area contributed by atoms with E-state index in [-0.39, 0.29) is 18.0 Å². The second-order valence-corrected chi connectivity index (χ2v) is 4.74. The van der Waals surface area contributed by atoms with Crippen molar-refractivity contribution in [3.8, 4) is 17.1 Å². The predicted octanol–water partition coefficient (Wildman–Crippen LogP) is 1.59. The minimum Gasteiger partial charge on any atom is -0.391 e. The molecular formula is C15H16N4O2. The molecule has 2 N–H and O–H groups in total. The molecule has 0 bridgehead atoms. The predicted molar refractivity (Wildman–Crippen MR) is 77.9 cm³/mol. The maximum absolute atomic E-state index is 11.8. The Morgan fingerprint density at radius 3 is 3.19 bits per heavy atom. The number of pyridine rings is 2. The van der Waals surface area contributed by atoms with E-state index in [0.29, 0.717) is 11.3 Å². The molecule has 6 heteroatoms. The van der Waals surface area contributed by atoms with E-state index in [1.165, 1.54) is 6.07 Å². The Balaban J connectivity index is 1.73. The monoisotopic (exact) mass is 285 g/mol. The minimum atomic E-state index is -0.531. The van der Waals surface area contributed by atoms with Gasteiger partial charge in [0.1, 0.15) is 0 Å². The number of hydrogen-bond acceptors (Lipinski definition) is 5. The Kier molecular flexibility index (Phi) is 3.70. The smallest absolute Gasteiger partial charge is 0.391 e. The first-order valence-electron chi connectivity index (χ1n) is 7.29. The minimum absolute atomic E-state index is 0.0840. The summed E-state index contributed by atoms with van der Waals surface area (Å²) in [6, 6.07) is 6.97. The van der Waals surface area contributed by atoms with Gasteiger partial charge in [0.2, 0.25) is 5.88 Å². The van der Waals surface area contributed by atoms with Crippen molar-refractivity contribution in [3.63, 3.8) is 0 Å². The molecule has 0 aromatic carbocycles. The average molecular weight is 285 g/mol. The van der Waals surface area contributed by atoms with Gasteiger partial charge in [-0.25, -0.2) is 9.78 Å². The van der Waals surface area contributed by atoms with Gasteiger partial charge in [-0.2, -0.15) is 0 Å². The topological polar surface area (TPSA) is 76.1 Å². The molecule has 1 saturated heterocycles. The molecular weight excluding hydrogens is 268 g/mol. The molecule has 0 radical (unpaired) electrons. The highest BCUT2D eigenvalue weighted by molar-refractivity contribution is 5.70. The van der Waals surface area contributed by atoms with Crippen LogP contribution < -0.4 is 15.4 Å². The number of hydrogen-bond donors (Lipinski definition) is 2. The van der Waals surface area contributed by atoms with E-state index in [1.807, 2.05) is 0 Å². The number of ether oxygens (including phenoxy) is 1. The van der Waals surface area contributed by atoms with Crippen molar-refractivity contribution < 1.29 is 10.9 Å². The highest BCUT2D eigenvalue weighted by Gasteiger charge is 2.18. The molecule has 0 saturated carbocycles. The fourth-order valence-electron chi connectivity index (χ4n) is 2.15. The summed E-state index contributed by atoms with van der Waals surface area (Å²) in [4.78, 5) is 20.1. The molecule has 1 fully saturated rings. The fraction of sp³-hybridized carbons (Fsp3) is 0.267. The second kappa shape index (κ2) is 6.32. The van der Waals surface area contributed by atoms with Crippen LogP contribution in [0.2, 0.25) is 0 Å². The largest absolute Gasteiger partial charge is 0.414 e. The van der Waals surface area contributed by atoms with Crippen molar-refractivity contribution in [3.05, 3.63) is 42.7 Å². The molecule has 21 heavy (non-hydrogen) atoms. The van der Waals surface area contributed by atoms with Crippen molar-refractivity contribution in [2.45, 2.75) is 12.5 Å². The molecule has 1 amide bonds. The molecule has 1 aliphatic rings. The molecule has 0 spiro atoms. The first-order chi connectivity index (χ1) is 10.7. The van der Waals surface area contributed by atoms with E-state index >= 15 is 0 Å². The molecule has 1 aliphatic heterocycles. The number of nitrogens with zero attached hydrogens (tertiary/aromatic N) is 2. The Morgan fingerprint density at radius 2 is 2.43 bits per heavy atom. The van der Waals surface area contributed by atoms with E-state index in [9.17, 15) is 4.79 Å². The summed E-state index contributed by atoms with van der Waals surface area (Å²) in [7, 11) is 0. The summed E-state index contributed by atoms with van der Waals surface area (Å²) >= 11 is 0. The molecule has 2 aromatic rings. The van der Waals surface area contributed by atoms with E-state index in [1.54, 1.807) is 30.6 Å². The summed E-state index contributed by atoms with van der Waals surface area (Å²) in [6.45, 7) is 1.64. The summed E-state index contributed by atoms with van der Waals surface area (Å²) in [5.41, 5.74) is 1.14. The molecule has 3 heterocycles. The molecule has 6 nitrogen and oxygen atoms in total. The van der Waals surface area contributed by atoms with E-state index < -0.39 is 6.09 Å². The molecule has 0 aliphatic carbocycles. The third-order valence-electron chi connectivity index (χ3n) is 3.18. The van der Waals surface area contributed by atoms with Gasteiger partial charge < -0.3 is 15.4 Å². The van der Waals surface area contributed by atoms with Crippen molar-refractivity contribution in [2.24, 2.45) is 0 Å². The summed E-state index contributed by atoms with van der Waals surface area (Å²) < 4.78 is 13.1. The third-order valence-corrected chi connectivity index (χ3v) is 3.18. The quantitative estimate of drug-likeness (QED) is 0.895. The molecule has 2 aromatic heterocycles. The van der Waals surface area contributed by atoms with Crippen molar-refractivity contribution in [1.82, 2.24) is 20.6 Å². The Morgan fingerprint density at radius 1 is 1.48 bits per heavy atom. The standard InChI is InChI=1S/C15H16N4O2/c20-15(18-12-6-8-17-10-12)21-14-5-1-4-13(19-14)11-3-2-7-16-9-11/h1-5,7,9,12,17H,6,8,10H2,(H,18,20)/i4D. The number of rotatable bonds is 3. The first-order valence-corrected chi connectivity index (χ1v) is 6.79. The molecule has 1 atom stereocenters. The van der Waals surface area contributed by atoms with Crippen molar-refractivity contribution in [1.29, 1.82) is 0 Å². The number of aromatic nitrogens is 2. The number of nitrogens with one attached hydrogen (secondary N) is 2. The fourth-order valence-corrected chi connectivity index (χ4v) is 2.15. The zero-order valence-corrected chi connectivity index (χ0v) is 11.4. The van der Waals surface area contributed by atoms with Crippen LogP contribution in [0.5, 0.6) is 5.88 Å². The van der Waals surface area contributed by atoms with Gasteiger partial charge in [0.15, 0.2) is 0 Å². The van der Waals surface area contributed by atoms with Crippen LogP contribution in [-0.4, -0.2) is 35.2 Å². The molecule has 108 valence electrons. The van der Waals surface area contributed by atoms with Gasteiger partial charge in [0, 0.05) is 36.6 Å². The van der Waals surface area contributed by atoms with Crippen LogP contribution >= 0.6 is 0 Å².